The lowest BCUT2D eigenvalue weighted by atomic mass is 10.1. The van der Waals surface area contributed by atoms with E-state index in [1.165, 1.54) is 33.1 Å². The third-order valence-corrected chi connectivity index (χ3v) is 4.16. The molecule has 102 valence electrons. The van der Waals surface area contributed by atoms with Crippen LogP contribution in [0.3, 0.4) is 0 Å². The van der Waals surface area contributed by atoms with Crippen LogP contribution in [0.5, 0.6) is 0 Å². The van der Waals surface area contributed by atoms with Crippen LogP contribution in [-0.2, 0) is 0 Å². The molecule has 1 heterocycles. The van der Waals surface area contributed by atoms with Crippen LogP contribution in [0.1, 0.15) is 5.56 Å². The molecular weight excluding hydrogens is 278 g/mol. The largest absolute Gasteiger partial charge is 0.309 e. The van der Waals surface area contributed by atoms with E-state index >= 15 is 0 Å². The third kappa shape index (κ3) is 1.85. The molecule has 0 saturated heterocycles. The van der Waals surface area contributed by atoms with Crippen molar-refractivity contribution >= 4 is 33.4 Å². The van der Waals surface area contributed by atoms with E-state index in [1.54, 1.807) is 0 Å². The van der Waals surface area contributed by atoms with Gasteiger partial charge in [-0.15, -0.1) is 0 Å². The summed E-state index contributed by atoms with van der Waals surface area (Å²) in [6.07, 6.45) is 0. The van der Waals surface area contributed by atoms with Gasteiger partial charge in [-0.05, 0) is 42.8 Å². The number of halogens is 1. The lowest BCUT2D eigenvalue weighted by Crippen LogP contribution is -1.94. The number of para-hydroxylation sites is 2. The highest BCUT2D eigenvalue weighted by Gasteiger charge is 2.14. The van der Waals surface area contributed by atoms with Crippen LogP contribution in [0, 0.1) is 6.92 Å². The first-order chi connectivity index (χ1) is 10.3. The molecule has 0 bridgehead atoms. The quantitative estimate of drug-likeness (QED) is 0.421. The van der Waals surface area contributed by atoms with Crippen LogP contribution in [-0.4, -0.2) is 4.57 Å². The molecule has 2 heteroatoms. The van der Waals surface area contributed by atoms with Gasteiger partial charge < -0.3 is 4.57 Å². The Bertz CT molecular complexity index is 952. The zero-order valence-electron chi connectivity index (χ0n) is 11.7. The molecule has 4 aromatic rings. The number of aromatic nitrogens is 1. The average Bonchev–Trinajstić information content (AvgIpc) is 2.83. The topological polar surface area (TPSA) is 4.93 Å². The maximum Gasteiger partial charge on any atom is 0.0571 e. The van der Waals surface area contributed by atoms with Gasteiger partial charge in [0.1, 0.15) is 0 Å². The van der Waals surface area contributed by atoms with Gasteiger partial charge in [0.2, 0.25) is 0 Å². The van der Waals surface area contributed by atoms with Crippen molar-refractivity contribution in [3.05, 3.63) is 77.3 Å². The van der Waals surface area contributed by atoms with Crippen LogP contribution < -0.4 is 0 Å². The van der Waals surface area contributed by atoms with Gasteiger partial charge in [-0.3, -0.25) is 0 Å². The van der Waals surface area contributed by atoms with Crippen molar-refractivity contribution in [2.75, 3.05) is 0 Å². The number of hydrogen-bond donors (Lipinski definition) is 0. The molecule has 0 aliphatic rings. The summed E-state index contributed by atoms with van der Waals surface area (Å²) in [5.41, 5.74) is 4.81. The molecule has 0 aliphatic carbocycles. The number of fused-ring (bicyclic) bond motifs is 3. The second kappa shape index (κ2) is 4.64. The second-order valence-electron chi connectivity index (χ2n) is 5.31. The van der Waals surface area contributed by atoms with Crippen LogP contribution in [0.4, 0.5) is 0 Å². The maximum absolute atomic E-state index is 6.27. The number of hydrogen-bond acceptors (Lipinski definition) is 0. The minimum atomic E-state index is 0.788. The smallest absolute Gasteiger partial charge is 0.0571 e. The summed E-state index contributed by atoms with van der Waals surface area (Å²) in [6.45, 7) is 2.12. The SMILES string of the molecule is Cc1cc(Cl)cc2c3ccccc3n(-c3ccccc3)c12. The van der Waals surface area contributed by atoms with Crippen LogP contribution in [0.2, 0.25) is 5.02 Å². The molecule has 1 nitrogen and oxygen atoms in total. The molecular formula is C19H14ClN. The standard InChI is InChI=1S/C19H14ClN/c1-13-11-14(20)12-17-16-9-5-6-10-18(16)21(19(13)17)15-7-3-2-4-8-15/h2-12H,1H3. The van der Waals surface area contributed by atoms with Gasteiger partial charge in [0.15, 0.2) is 0 Å². The molecule has 0 saturated carbocycles. The summed E-state index contributed by atoms with van der Waals surface area (Å²) in [4.78, 5) is 0. The summed E-state index contributed by atoms with van der Waals surface area (Å²) in [7, 11) is 0. The van der Waals surface area contributed by atoms with Gasteiger partial charge in [-0.2, -0.15) is 0 Å². The molecule has 0 spiro atoms. The van der Waals surface area contributed by atoms with E-state index < -0.39 is 0 Å². The Kier molecular flexibility index (Phi) is 2.76. The molecule has 21 heavy (non-hydrogen) atoms. The molecule has 0 radical (unpaired) electrons. The summed E-state index contributed by atoms with van der Waals surface area (Å²) in [6, 6.07) is 23.0. The van der Waals surface area contributed by atoms with Gasteiger partial charge in [-0.1, -0.05) is 48.0 Å². The number of aryl methyl sites for hydroxylation is 1. The molecule has 0 unspecified atom stereocenters. The van der Waals surface area contributed by atoms with E-state index in [0.717, 1.165) is 5.02 Å². The predicted octanol–water partition coefficient (Wildman–Crippen LogP) is 5.75. The van der Waals surface area contributed by atoms with Crippen molar-refractivity contribution in [1.82, 2.24) is 4.57 Å². The van der Waals surface area contributed by atoms with Crippen LogP contribution in [0.25, 0.3) is 27.5 Å². The maximum atomic E-state index is 6.27. The van der Waals surface area contributed by atoms with Crippen LogP contribution >= 0.6 is 11.6 Å². The summed E-state index contributed by atoms with van der Waals surface area (Å²) in [5.74, 6) is 0. The molecule has 0 aliphatic heterocycles. The van der Waals surface area contributed by atoms with E-state index in [0.29, 0.717) is 0 Å². The molecule has 1 aromatic heterocycles. The molecule has 0 amide bonds. The Morgan fingerprint density at radius 2 is 1.52 bits per heavy atom. The number of benzene rings is 3. The predicted molar refractivity (Wildman–Crippen MR) is 90.5 cm³/mol. The van der Waals surface area contributed by atoms with Crippen molar-refractivity contribution in [1.29, 1.82) is 0 Å². The lowest BCUT2D eigenvalue weighted by Gasteiger charge is -2.09. The Morgan fingerprint density at radius 3 is 2.33 bits per heavy atom. The van der Waals surface area contributed by atoms with Crippen molar-refractivity contribution in [2.24, 2.45) is 0 Å². The highest BCUT2D eigenvalue weighted by atomic mass is 35.5. The van der Waals surface area contributed by atoms with E-state index in [2.05, 4.69) is 66.1 Å². The fraction of sp³-hybridized carbons (Fsp3) is 0.0526. The fourth-order valence-corrected chi connectivity index (χ4v) is 3.37. The first-order valence-corrected chi connectivity index (χ1v) is 7.38. The first-order valence-electron chi connectivity index (χ1n) is 7.00. The highest BCUT2D eigenvalue weighted by Crippen LogP contribution is 2.35. The third-order valence-electron chi connectivity index (χ3n) is 3.94. The van der Waals surface area contributed by atoms with Crippen molar-refractivity contribution < 1.29 is 0 Å². The van der Waals surface area contributed by atoms with Gasteiger partial charge in [0.05, 0.1) is 11.0 Å². The Morgan fingerprint density at radius 1 is 0.810 bits per heavy atom. The van der Waals surface area contributed by atoms with Gasteiger partial charge >= 0.3 is 0 Å². The summed E-state index contributed by atoms with van der Waals surface area (Å²) in [5, 5.41) is 3.23. The Hall–Kier alpha value is -2.25. The molecule has 4 rings (SSSR count). The van der Waals surface area contributed by atoms with Gasteiger partial charge in [0.25, 0.3) is 0 Å². The Labute approximate surface area is 128 Å². The number of nitrogens with zero attached hydrogens (tertiary/aromatic N) is 1. The zero-order chi connectivity index (χ0) is 14.4. The normalized spacial score (nSPS) is 11.3. The highest BCUT2D eigenvalue weighted by molar-refractivity contribution is 6.32. The molecule has 0 N–H and O–H groups in total. The lowest BCUT2D eigenvalue weighted by molar-refractivity contribution is 1.17. The van der Waals surface area contributed by atoms with E-state index in [9.17, 15) is 0 Å². The fourth-order valence-electron chi connectivity index (χ4n) is 3.10. The average molecular weight is 292 g/mol. The molecule has 3 aromatic carbocycles. The number of rotatable bonds is 1. The van der Waals surface area contributed by atoms with Crippen LogP contribution in [0.15, 0.2) is 66.7 Å². The minimum Gasteiger partial charge on any atom is -0.309 e. The first kappa shape index (κ1) is 12.5. The van der Waals surface area contributed by atoms with Crippen molar-refractivity contribution in [2.45, 2.75) is 6.92 Å². The van der Waals surface area contributed by atoms with Crippen molar-refractivity contribution in [3.8, 4) is 5.69 Å². The van der Waals surface area contributed by atoms with E-state index in [-0.39, 0.29) is 0 Å². The molecule has 0 fully saturated rings. The Balaban J connectivity index is 2.27. The summed E-state index contributed by atoms with van der Waals surface area (Å²) < 4.78 is 2.32. The van der Waals surface area contributed by atoms with Crippen molar-refractivity contribution in [3.63, 3.8) is 0 Å². The van der Waals surface area contributed by atoms with Gasteiger partial charge in [0, 0.05) is 21.5 Å². The van der Waals surface area contributed by atoms with Gasteiger partial charge in [-0.25, -0.2) is 0 Å². The monoisotopic (exact) mass is 291 g/mol. The van der Waals surface area contributed by atoms with E-state index in [4.69, 9.17) is 11.6 Å². The van der Waals surface area contributed by atoms with E-state index in [1.807, 2.05) is 12.1 Å². The molecule has 0 atom stereocenters. The second-order valence-corrected chi connectivity index (χ2v) is 5.74. The summed E-state index contributed by atoms with van der Waals surface area (Å²) >= 11 is 6.27. The minimum absolute atomic E-state index is 0.788. The zero-order valence-corrected chi connectivity index (χ0v) is 12.4.